The van der Waals surface area contributed by atoms with Crippen molar-refractivity contribution in [2.75, 3.05) is 7.11 Å². The van der Waals surface area contributed by atoms with Gasteiger partial charge in [0.05, 0.1) is 25.9 Å². The van der Waals surface area contributed by atoms with Crippen molar-refractivity contribution in [2.45, 2.75) is 31.3 Å². The maximum atomic E-state index is 12.6. The Balaban J connectivity index is 2.33. The Hall–Kier alpha value is -3.62. The Bertz CT molecular complexity index is 948. The molecule has 0 bridgehead atoms. The topological polar surface area (TPSA) is 147 Å². The van der Waals surface area contributed by atoms with E-state index in [1.54, 1.807) is 36.4 Å². The van der Waals surface area contributed by atoms with Crippen molar-refractivity contribution in [3.8, 4) is 5.75 Å². The zero-order valence-corrected chi connectivity index (χ0v) is 15.7. The number of rotatable bonds is 9. The van der Waals surface area contributed by atoms with Crippen LogP contribution in [-0.2, 0) is 23.9 Å². The zero-order valence-electron chi connectivity index (χ0n) is 15.7. The first-order valence-corrected chi connectivity index (χ1v) is 8.55. The number of methoxy groups -OCH3 is 1. The zero-order chi connectivity index (χ0) is 21.8. The monoisotopic (exact) mass is 404 g/mol. The lowest BCUT2D eigenvalue weighted by molar-refractivity contribution is -0.186. The van der Waals surface area contributed by atoms with E-state index in [9.17, 15) is 24.3 Å². The van der Waals surface area contributed by atoms with Gasteiger partial charge in [-0.1, -0.05) is 24.3 Å². The highest BCUT2D eigenvalue weighted by Gasteiger charge is 2.47. The minimum atomic E-state index is -2.70. The van der Waals surface area contributed by atoms with E-state index in [4.69, 9.17) is 19.7 Å². The smallest absolute Gasteiger partial charge is 0.349 e. The summed E-state index contributed by atoms with van der Waals surface area (Å²) in [5.41, 5.74) is -2.20. The summed E-state index contributed by atoms with van der Waals surface area (Å²) in [5, 5.41) is 29.0. The second kappa shape index (κ2) is 8.59. The molecule has 0 saturated heterocycles. The second-order valence-corrected chi connectivity index (χ2v) is 6.56. The summed E-state index contributed by atoms with van der Waals surface area (Å²) in [6, 6.07) is 10.4. The molecule has 2 rings (SSSR count). The van der Waals surface area contributed by atoms with Gasteiger partial charge < -0.3 is 24.8 Å². The third-order valence-electron chi connectivity index (χ3n) is 4.48. The Morgan fingerprint density at radius 3 is 2.00 bits per heavy atom. The molecule has 1 atom stereocenters. The van der Waals surface area contributed by atoms with Gasteiger partial charge in [0.2, 0.25) is 5.60 Å². The van der Waals surface area contributed by atoms with Gasteiger partial charge in [0.25, 0.3) is 0 Å². The van der Waals surface area contributed by atoms with E-state index in [1.807, 2.05) is 0 Å². The van der Waals surface area contributed by atoms with Gasteiger partial charge in [0, 0.05) is 0 Å². The fourth-order valence-corrected chi connectivity index (χ4v) is 2.87. The van der Waals surface area contributed by atoms with E-state index in [1.165, 1.54) is 14.0 Å². The van der Waals surface area contributed by atoms with Crippen molar-refractivity contribution in [1.82, 2.24) is 0 Å². The molecule has 0 amide bonds. The summed E-state index contributed by atoms with van der Waals surface area (Å²) in [5.74, 6) is -6.38. The van der Waals surface area contributed by atoms with Crippen molar-refractivity contribution in [3.05, 3.63) is 42.0 Å². The summed E-state index contributed by atoms with van der Waals surface area (Å²) in [7, 11) is 1.54. The number of hydrogen-bond donors (Lipinski definition) is 3. The lowest BCUT2D eigenvalue weighted by Gasteiger charge is -2.27. The van der Waals surface area contributed by atoms with Crippen LogP contribution < -0.4 is 4.74 Å². The third-order valence-corrected chi connectivity index (χ3v) is 4.48. The van der Waals surface area contributed by atoms with Crippen LogP contribution in [0.25, 0.3) is 10.8 Å². The van der Waals surface area contributed by atoms with E-state index in [-0.39, 0.29) is 0 Å². The van der Waals surface area contributed by atoms with Gasteiger partial charge in [-0.25, -0.2) is 4.79 Å². The van der Waals surface area contributed by atoms with Crippen LogP contribution in [0.5, 0.6) is 5.75 Å². The fourth-order valence-electron chi connectivity index (χ4n) is 2.87. The minimum Gasteiger partial charge on any atom is -0.497 e. The van der Waals surface area contributed by atoms with Crippen LogP contribution in [-0.4, -0.2) is 51.9 Å². The van der Waals surface area contributed by atoms with E-state index in [0.717, 1.165) is 10.8 Å². The molecule has 0 unspecified atom stereocenters. The first kappa shape index (κ1) is 21.7. The van der Waals surface area contributed by atoms with Gasteiger partial charge in [-0.3, -0.25) is 14.4 Å². The van der Waals surface area contributed by atoms with E-state index < -0.39 is 48.2 Å². The molecule has 0 aromatic heterocycles. The molecular formula is C20H20O9. The normalized spacial score (nSPS) is 12.2. The number of ether oxygens (including phenoxy) is 2. The highest BCUT2D eigenvalue weighted by Crippen LogP contribution is 2.29. The molecule has 0 fully saturated rings. The van der Waals surface area contributed by atoms with Gasteiger partial charge in [0.1, 0.15) is 5.75 Å². The molecule has 0 aliphatic carbocycles. The molecule has 0 heterocycles. The number of carboxylic acid groups (broad SMARTS) is 3. The van der Waals surface area contributed by atoms with E-state index >= 15 is 0 Å². The standard InChI is InChI=1S/C20H20O9/c1-11(12-3-4-14-8-15(28-2)6-5-13(14)7-12)18(25)29-20(19(26)27,9-16(21)22)10-17(23)24/h3-8,11H,9-10H2,1-2H3,(H,21,22)(H,23,24)(H,26,27)/t11-/m0/s1. The number of carbonyl (C=O) groups excluding carboxylic acids is 1. The first-order chi connectivity index (χ1) is 13.6. The van der Waals surface area contributed by atoms with Crippen molar-refractivity contribution in [3.63, 3.8) is 0 Å². The number of carbonyl (C=O) groups is 4. The second-order valence-electron chi connectivity index (χ2n) is 6.56. The fraction of sp³-hybridized carbons (Fsp3) is 0.300. The first-order valence-electron chi connectivity index (χ1n) is 8.55. The number of esters is 1. The Morgan fingerprint density at radius 1 is 0.931 bits per heavy atom. The average Bonchev–Trinajstić information content (AvgIpc) is 2.65. The molecule has 154 valence electrons. The molecule has 29 heavy (non-hydrogen) atoms. The number of carboxylic acids is 3. The molecule has 0 spiro atoms. The summed E-state index contributed by atoms with van der Waals surface area (Å²) < 4.78 is 10.1. The molecule has 0 aliphatic heterocycles. The Labute approximate surface area is 165 Å². The van der Waals surface area contributed by atoms with Gasteiger partial charge in [-0.2, -0.15) is 0 Å². The van der Waals surface area contributed by atoms with Crippen LogP contribution in [0.15, 0.2) is 36.4 Å². The number of aliphatic carboxylic acids is 3. The van der Waals surface area contributed by atoms with Gasteiger partial charge in [-0.15, -0.1) is 0 Å². The van der Waals surface area contributed by atoms with Crippen LogP contribution in [0, 0.1) is 0 Å². The van der Waals surface area contributed by atoms with Gasteiger partial charge in [-0.05, 0) is 35.4 Å². The quantitative estimate of drug-likeness (QED) is 0.535. The molecule has 0 saturated carbocycles. The number of benzene rings is 2. The van der Waals surface area contributed by atoms with Crippen LogP contribution >= 0.6 is 0 Å². The third kappa shape index (κ3) is 5.01. The van der Waals surface area contributed by atoms with Gasteiger partial charge >= 0.3 is 23.9 Å². The summed E-state index contributed by atoms with van der Waals surface area (Å²) in [6.07, 6.45) is -2.35. The SMILES string of the molecule is COc1ccc2cc([C@H](C)C(=O)OC(CC(=O)O)(CC(=O)O)C(=O)O)ccc2c1. The average molecular weight is 404 g/mol. The largest absolute Gasteiger partial charge is 0.497 e. The molecule has 3 N–H and O–H groups in total. The lowest BCUT2D eigenvalue weighted by atomic mass is 9.93. The predicted octanol–water partition coefficient (Wildman–Crippen LogP) is 2.27. The summed E-state index contributed by atoms with van der Waals surface area (Å²) in [4.78, 5) is 46.3. The van der Waals surface area contributed by atoms with Gasteiger partial charge in [0.15, 0.2) is 0 Å². The van der Waals surface area contributed by atoms with Crippen molar-refractivity contribution >= 4 is 34.6 Å². The Morgan fingerprint density at radius 2 is 1.48 bits per heavy atom. The summed E-state index contributed by atoms with van der Waals surface area (Å²) >= 11 is 0. The Kier molecular flexibility index (Phi) is 6.42. The lowest BCUT2D eigenvalue weighted by Crippen LogP contribution is -2.47. The molecule has 0 aliphatic rings. The number of fused-ring (bicyclic) bond motifs is 1. The minimum absolute atomic E-state index is 0.498. The van der Waals surface area contributed by atoms with Crippen LogP contribution in [0.2, 0.25) is 0 Å². The molecule has 2 aromatic carbocycles. The molecule has 9 nitrogen and oxygen atoms in total. The highest BCUT2D eigenvalue weighted by atomic mass is 16.6. The van der Waals surface area contributed by atoms with E-state index in [2.05, 4.69) is 0 Å². The number of hydrogen-bond acceptors (Lipinski definition) is 6. The molecular weight excluding hydrogens is 384 g/mol. The van der Waals surface area contributed by atoms with Crippen molar-refractivity contribution < 1.29 is 44.0 Å². The van der Waals surface area contributed by atoms with Crippen LogP contribution in [0.4, 0.5) is 0 Å². The molecule has 9 heteroatoms. The highest BCUT2D eigenvalue weighted by molar-refractivity contribution is 5.92. The maximum absolute atomic E-state index is 12.6. The van der Waals surface area contributed by atoms with Crippen molar-refractivity contribution in [2.24, 2.45) is 0 Å². The van der Waals surface area contributed by atoms with Crippen LogP contribution in [0.3, 0.4) is 0 Å². The maximum Gasteiger partial charge on any atom is 0.349 e. The predicted molar refractivity (Wildman–Crippen MR) is 99.9 cm³/mol. The molecule has 2 aromatic rings. The molecule has 0 radical (unpaired) electrons. The van der Waals surface area contributed by atoms with E-state index in [0.29, 0.717) is 11.3 Å². The van der Waals surface area contributed by atoms with Crippen LogP contribution in [0.1, 0.15) is 31.2 Å². The van der Waals surface area contributed by atoms with Crippen molar-refractivity contribution in [1.29, 1.82) is 0 Å². The summed E-state index contributed by atoms with van der Waals surface area (Å²) in [6.45, 7) is 1.46.